The van der Waals surface area contributed by atoms with E-state index in [2.05, 4.69) is 15.5 Å². The van der Waals surface area contributed by atoms with Gasteiger partial charge in [-0.2, -0.15) is 11.8 Å². The molecule has 6 nitrogen and oxygen atoms in total. The summed E-state index contributed by atoms with van der Waals surface area (Å²) in [5, 5.41) is 5.08. The molecule has 0 spiro atoms. The summed E-state index contributed by atoms with van der Waals surface area (Å²) in [6.07, 6.45) is 1.60. The number of amides is 2. The average Bonchev–Trinajstić information content (AvgIpc) is 3.20. The van der Waals surface area contributed by atoms with Crippen LogP contribution in [-0.4, -0.2) is 47.9 Å². The number of halogens is 1. The zero-order chi connectivity index (χ0) is 19.2. The third-order valence-corrected chi connectivity index (χ3v) is 5.39. The van der Waals surface area contributed by atoms with Crippen LogP contribution in [0.4, 0.5) is 10.1 Å². The molecule has 1 atom stereocenters. The first kappa shape index (κ1) is 19.4. The SMILES string of the molecule is Cc1ccc(NC(=O)C(=O)NC[C@@H](c2ccco2)N2CCSCC2)cc1F. The van der Waals surface area contributed by atoms with Crippen molar-refractivity contribution in [2.45, 2.75) is 13.0 Å². The molecule has 2 heterocycles. The second-order valence-electron chi connectivity index (χ2n) is 6.31. The Morgan fingerprint density at radius 3 is 2.70 bits per heavy atom. The van der Waals surface area contributed by atoms with Gasteiger partial charge in [0.05, 0.1) is 12.3 Å². The summed E-state index contributed by atoms with van der Waals surface area (Å²) in [7, 11) is 0. The van der Waals surface area contributed by atoms with Gasteiger partial charge in [-0.3, -0.25) is 14.5 Å². The van der Waals surface area contributed by atoms with Crippen molar-refractivity contribution >= 4 is 29.3 Å². The molecule has 3 rings (SSSR count). The van der Waals surface area contributed by atoms with Crippen LogP contribution in [0, 0.1) is 12.7 Å². The predicted octanol–water partition coefficient (Wildman–Crippen LogP) is 2.57. The fourth-order valence-corrected chi connectivity index (χ4v) is 3.84. The van der Waals surface area contributed by atoms with Gasteiger partial charge in [-0.15, -0.1) is 0 Å². The van der Waals surface area contributed by atoms with Gasteiger partial charge in [0, 0.05) is 36.8 Å². The van der Waals surface area contributed by atoms with Gasteiger partial charge < -0.3 is 15.1 Å². The van der Waals surface area contributed by atoms with E-state index >= 15 is 0 Å². The van der Waals surface area contributed by atoms with E-state index in [9.17, 15) is 14.0 Å². The monoisotopic (exact) mass is 391 g/mol. The molecule has 8 heteroatoms. The van der Waals surface area contributed by atoms with Gasteiger partial charge in [-0.05, 0) is 36.8 Å². The molecule has 0 aliphatic carbocycles. The maximum atomic E-state index is 13.6. The molecule has 1 saturated heterocycles. The topological polar surface area (TPSA) is 74.6 Å². The highest BCUT2D eigenvalue weighted by molar-refractivity contribution is 7.99. The number of nitrogens with zero attached hydrogens (tertiary/aromatic N) is 1. The van der Waals surface area contributed by atoms with Crippen molar-refractivity contribution in [1.29, 1.82) is 0 Å². The Bertz CT molecular complexity index is 792. The van der Waals surface area contributed by atoms with Crippen LogP contribution in [0.2, 0.25) is 0 Å². The lowest BCUT2D eigenvalue weighted by molar-refractivity contribution is -0.136. The lowest BCUT2D eigenvalue weighted by Crippen LogP contribution is -2.44. The van der Waals surface area contributed by atoms with E-state index in [1.165, 1.54) is 6.07 Å². The number of thioether (sulfide) groups is 1. The number of anilines is 1. The second kappa shape index (κ2) is 9.05. The van der Waals surface area contributed by atoms with E-state index in [0.29, 0.717) is 5.56 Å². The molecule has 2 N–H and O–H groups in total. The molecule has 2 aromatic rings. The van der Waals surface area contributed by atoms with E-state index in [1.54, 1.807) is 25.3 Å². The summed E-state index contributed by atoms with van der Waals surface area (Å²) < 4.78 is 19.1. The van der Waals surface area contributed by atoms with Gasteiger partial charge >= 0.3 is 11.8 Å². The van der Waals surface area contributed by atoms with Gasteiger partial charge in [0.15, 0.2) is 0 Å². The normalized spacial score (nSPS) is 15.9. The first-order valence-corrected chi connectivity index (χ1v) is 9.90. The van der Waals surface area contributed by atoms with Crippen LogP contribution in [0.3, 0.4) is 0 Å². The van der Waals surface area contributed by atoms with E-state index in [4.69, 9.17) is 4.42 Å². The maximum Gasteiger partial charge on any atom is 0.313 e. The van der Waals surface area contributed by atoms with Gasteiger partial charge in [0.25, 0.3) is 0 Å². The first-order valence-electron chi connectivity index (χ1n) is 8.75. The number of carbonyl (C=O) groups excluding carboxylic acids is 2. The molecule has 1 aliphatic rings. The molecule has 2 amide bonds. The second-order valence-corrected chi connectivity index (χ2v) is 7.53. The largest absolute Gasteiger partial charge is 0.468 e. The number of nitrogens with one attached hydrogen (secondary N) is 2. The standard InChI is InChI=1S/C19H22FN3O3S/c1-13-4-5-14(11-15(13)20)22-19(25)18(24)21-12-16(17-3-2-8-26-17)23-6-9-27-10-7-23/h2-5,8,11,16H,6-7,9-10,12H2,1H3,(H,21,24)(H,22,25)/t16-/m0/s1. The molecule has 0 saturated carbocycles. The lowest BCUT2D eigenvalue weighted by atomic mass is 10.2. The van der Waals surface area contributed by atoms with E-state index < -0.39 is 17.6 Å². The van der Waals surface area contributed by atoms with E-state index in [0.717, 1.165) is 30.4 Å². The number of carbonyl (C=O) groups is 2. The number of hydrogen-bond donors (Lipinski definition) is 2. The number of benzene rings is 1. The Kier molecular flexibility index (Phi) is 6.52. The molecule has 1 aromatic heterocycles. The summed E-state index contributed by atoms with van der Waals surface area (Å²) >= 11 is 1.89. The minimum absolute atomic E-state index is 0.130. The van der Waals surface area contributed by atoms with Crippen molar-refractivity contribution in [1.82, 2.24) is 10.2 Å². The van der Waals surface area contributed by atoms with Crippen molar-refractivity contribution in [3.63, 3.8) is 0 Å². The van der Waals surface area contributed by atoms with Crippen LogP contribution in [0.1, 0.15) is 17.4 Å². The molecule has 1 aliphatic heterocycles. The highest BCUT2D eigenvalue weighted by atomic mass is 32.2. The molecule has 144 valence electrons. The fraction of sp³-hybridized carbons (Fsp3) is 0.368. The molecular formula is C19H22FN3O3S. The van der Waals surface area contributed by atoms with Crippen LogP contribution in [0.5, 0.6) is 0 Å². The number of furan rings is 1. The number of aryl methyl sites for hydroxylation is 1. The predicted molar refractivity (Wildman–Crippen MR) is 103 cm³/mol. The summed E-state index contributed by atoms with van der Waals surface area (Å²) in [4.78, 5) is 26.5. The summed E-state index contributed by atoms with van der Waals surface area (Å²) in [6.45, 7) is 3.66. The highest BCUT2D eigenvalue weighted by Crippen LogP contribution is 2.24. The molecule has 0 unspecified atom stereocenters. The van der Waals surface area contributed by atoms with Crippen LogP contribution >= 0.6 is 11.8 Å². The van der Waals surface area contributed by atoms with E-state index in [-0.39, 0.29) is 18.3 Å². The Labute approximate surface area is 161 Å². The smallest absolute Gasteiger partial charge is 0.313 e. The van der Waals surface area contributed by atoms with Crippen LogP contribution in [-0.2, 0) is 9.59 Å². The maximum absolute atomic E-state index is 13.6. The Morgan fingerprint density at radius 2 is 2.04 bits per heavy atom. The van der Waals surface area contributed by atoms with Gasteiger partial charge in [-0.25, -0.2) is 4.39 Å². The van der Waals surface area contributed by atoms with Crippen molar-refractivity contribution in [3.8, 4) is 0 Å². The average molecular weight is 391 g/mol. The summed E-state index contributed by atoms with van der Waals surface area (Å²) in [5.41, 5.74) is 0.715. The van der Waals surface area contributed by atoms with Crippen LogP contribution < -0.4 is 10.6 Å². The van der Waals surface area contributed by atoms with Crippen LogP contribution in [0.15, 0.2) is 41.0 Å². The molecule has 1 fully saturated rings. The van der Waals surface area contributed by atoms with Crippen molar-refractivity contribution < 1.29 is 18.4 Å². The van der Waals surface area contributed by atoms with Gasteiger partial charge in [-0.1, -0.05) is 6.07 Å². The van der Waals surface area contributed by atoms with Crippen LogP contribution in [0.25, 0.3) is 0 Å². The Balaban J connectivity index is 1.59. The fourth-order valence-electron chi connectivity index (χ4n) is 2.91. The Hall–Kier alpha value is -2.32. The molecule has 0 radical (unpaired) electrons. The van der Waals surface area contributed by atoms with Gasteiger partial charge in [0.2, 0.25) is 0 Å². The minimum atomic E-state index is -0.828. The first-order chi connectivity index (χ1) is 13.0. The summed E-state index contributed by atoms with van der Waals surface area (Å²) in [6, 6.07) is 7.84. The zero-order valence-corrected chi connectivity index (χ0v) is 15.9. The number of rotatable bonds is 5. The van der Waals surface area contributed by atoms with E-state index in [1.807, 2.05) is 23.9 Å². The zero-order valence-electron chi connectivity index (χ0n) is 15.0. The molecule has 27 heavy (non-hydrogen) atoms. The summed E-state index contributed by atoms with van der Waals surface area (Å²) in [5.74, 6) is 0.761. The van der Waals surface area contributed by atoms with Crippen molar-refractivity contribution in [2.24, 2.45) is 0 Å². The van der Waals surface area contributed by atoms with Crippen molar-refractivity contribution in [3.05, 3.63) is 53.7 Å². The Morgan fingerprint density at radius 1 is 1.26 bits per heavy atom. The quantitative estimate of drug-likeness (QED) is 0.767. The van der Waals surface area contributed by atoms with Crippen molar-refractivity contribution in [2.75, 3.05) is 36.5 Å². The minimum Gasteiger partial charge on any atom is -0.468 e. The molecule has 1 aromatic carbocycles. The highest BCUT2D eigenvalue weighted by Gasteiger charge is 2.26. The third-order valence-electron chi connectivity index (χ3n) is 4.45. The number of hydrogen-bond acceptors (Lipinski definition) is 5. The van der Waals surface area contributed by atoms with Gasteiger partial charge in [0.1, 0.15) is 11.6 Å². The third kappa shape index (κ3) is 5.11. The molecule has 0 bridgehead atoms. The molecular weight excluding hydrogens is 369 g/mol. The lowest BCUT2D eigenvalue weighted by Gasteiger charge is -2.33.